The average Bonchev–Trinajstić information content (AvgIpc) is 2.59. The first kappa shape index (κ1) is 13.2. The average molecular weight is 244 g/mol. The molecule has 0 fully saturated rings. The molecule has 1 aromatic heterocycles. The molecule has 2 rings (SSSR count). The van der Waals surface area contributed by atoms with Crippen LogP contribution in [0, 0.1) is 13.8 Å². The Bertz CT molecular complexity index is 538. The number of nitrogens with one attached hydrogen (secondary N) is 1. The highest BCUT2D eigenvalue weighted by Gasteiger charge is 2.11. The quantitative estimate of drug-likeness (QED) is 0.798. The molecule has 0 saturated carbocycles. The zero-order valence-electron chi connectivity index (χ0n) is 12.0. The predicted octanol–water partition coefficient (Wildman–Crippen LogP) is 3.34. The number of hydrogen-bond acceptors (Lipinski definition) is 1. The van der Waals surface area contributed by atoms with Gasteiger partial charge in [0.25, 0.3) is 0 Å². The normalized spacial score (nSPS) is 11.3. The Morgan fingerprint density at radius 2 is 2.00 bits per heavy atom. The lowest BCUT2D eigenvalue weighted by Crippen LogP contribution is -2.14. The van der Waals surface area contributed by atoms with Gasteiger partial charge in [0.1, 0.15) is 0 Å². The molecular weight excluding hydrogens is 220 g/mol. The Kier molecular flexibility index (Phi) is 4.07. The van der Waals surface area contributed by atoms with Crippen molar-refractivity contribution in [3.05, 3.63) is 35.0 Å². The lowest BCUT2D eigenvalue weighted by molar-refractivity contribution is 0.671. The molecule has 0 unspecified atom stereocenters. The second kappa shape index (κ2) is 5.57. The third-order valence-corrected chi connectivity index (χ3v) is 3.81. The second-order valence-electron chi connectivity index (χ2n) is 5.10. The maximum Gasteiger partial charge on any atom is 0.0482 e. The summed E-state index contributed by atoms with van der Waals surface area (Å²) in [5.41, 5.74) is 5.64. The highest BCUT2D eigenvalue weighted by atomic mass is 14.9. The summed E-state index contributed by atoms with van der Waals surface area (Å²) in [6.07, 6.45) is 2.38. The summed E-state index contributed by atoms with van der Waals surface area (Å²) >= 11 is 0. The van der Waals surface area contributed by atoms with Gasteiger partial charge in [-0.1, -0.05) is 18.6 Å². The van der Waals surface area contributed by atoms with Gasteiger partial charge >= 0.3 is 0 Å². The van der Waals surface area contributed by atoms with E-state index in [0.717, 1.165) is 13.1 Å². The van der Waals surface area contributed by atoms with Crippen LogP contribution in [0.3, 0.4) is 0 Å². The van der Waals surface area contributed by atoms with Crippen LogP contribution in [0.2, 0.25) is 0 Å². The van der Waals surface area contributed by atoms with Gasteiger partial charge in [0, 0.05) is 23.6 Å². The Morgan fingerprint density at radius 1 is 1.22 bits per heavy atom. The number of rotatable bonds is 5. The summed E-state index contributed by atoms with van der Waals surface area (Å²) < 4.78 is 2.32. The molecule has 0 aliphatic rings. The fourth-order valence-corrected chi connectivity index (χ4v) is 2.64. The van der Waals surface area contributed by atoms with Crippen molar-refractivity contribution in [1.29, 1.82) is 0 Å². The van der Waals surface area contributed by atoms with Gasteiger partial charge in [0.05, 0.1) is 0 Å². The molecule has 0 saturated heterocycles. The molecule has 1 aromatic carbocycles. The smallest absolute Gasteiger partial charge is 0.0482 e. The number of nitrogens with zero attached hydrogens (tertiary/aromatic N) is 1. The summed E-state index contributed by atoms with van der Waals surface area (Å²) in [5.74, 6) is 0. The van der Waals surface area contributed by atoms with Crippen molar-refractivity contribution in [3.63, 3.8) is 0 Å². The van der Waals surface area contributed by atoms with Crippen LogP contribution >= 0.6 is 0 Å². The Balaban J connectivity index is 2.30. The van der Waals surface area contributed by atoms with E-state index in [1.807, 2.05) is 0 Å². The van der Waals surface area contributed by atoms with Crippen LogP contribution in [0.4, 0.5) is 0 Å². The van der Waals surface area contributed by atoms with Crippen molar-refractivity contribution < 1.29 is 0 Å². The van der Waals surface area contributed by atoms with Crippen LogP contribution in [0.25, 0.3) is 10.9 Å². The largest absolute Gasteiger partial charge is 0.348 e. The molecule has 2 nitrogen and oxygen atoms in total. The van der Waals surface area contributed by atoms with Gasteiger partial charge < -0.3 is 9.88 Å². The minimum Gasteiger partial charge on any atom is -0.348 e. The van der Waals surface area contributed by atoms with Crippen LogP contribution in [0.15, 0.2) is 18.2 Å². The standard InChI is InChI=1S/C16H24N2/c1-5-17-10-6-7-14-13(3)18(4)16-9-8-12(2)11-15(14)16/h8-9,11,17H,5-7,10H2,1-4H3. The van der Waals surface area contributed by atoms with E-state index in [4.69, 9.17) is 0 Å². The van der Waals surface area contributed by atoms with Crippen LogP contribution in [-0.4, -0.2) is 17.7 Å². The molecule has 0 spiro atoms. The Labute approximate surface area is 110 Å². The molecule has 98 valence electrons. The van der Waals surface area contributed by atoms with Gasteiger partial charge in [-0.15, -0.1) is 0 Å². The summed E-state index contributed by atoms with van der Waals surface area (Å²) in [4.78, 5) is 0. The van der Waals surface area contributed by atoms with Crippen molar-refractivity contribution in [2.45, 2.75) is 33.6 Å². The van der Waals surface area contributed by atoms with Gasteiger partial charge in [-0.25, -0.2) is 0 Å². The molecule has 0 amide bonds. The fraction of sp³-hybridized carbons (Fsp3) is 0.500. The number of aryl methyl sites for hydroxylation is 3. The zero-order chi connectivity index (χ0) is 13.1. The SMILES string of the molecule is CCNCCCc1c(C)n(C)c2ccc(C)cc12. The van der Waals surface area contributed by atoms with Gasteiger partial charge in [0.15, 0.2) is 0 Å². The molecule has 2 heteroatoms. The minimum atomic E-state index is 1.06. The monoisotopic (exact) mass is 244 g/mol. The summed E-state index contributed by atoms with van der Waals surface area (Å²) in [6.45, 7) is 8.74. The topological polar surface area (TPSA) is 17.0 Å². The molecule has 2 aromatic rings. The number of fused-ring (bicyclic) bond motifs is 1. The first-order chi connectivity index (χ1) is 8.65. The van der Waals surface area contributed by atoms with E-state index in [1.54, 1.807) is 0 Å². The highest BCUT2D eigenvalue weighted by Crippen LogP contribution is 2.26. The zero-order valence-corrected chi connectivity index (χ0v) is 12.0. The first-order valence-corrected chi connectivity index (χ1v) is 6.90. The summed E-state index contributed by atoms with van der Waals surface area (Å²) in [5, 5.41) is 4.83. The molecule has 1 heterocycles. The lowest BCUT2D eigenvalue weighted by atomic mass is 10.0. The van der Waals surface area contributed by atoms with E-state index in [2.05, 4.69) is 55.9 Å². The fourth-order valence-electron chi connectivity index (χ4n) is 2.64. The maximum atomic E-state index is 3.40. The summed E-state index contributed by atoms with van der Waals surface area (Å²) in [6, 6.07) is 6.76. The number of hydrogen-bond donors (Lipinski definition) is 1. The molecule has 0 aliphatic heterocycles. The van der Waals surface area contributed by atoms with Crippen molar-refractivity contribution >= 4 is 10.9 Å². The molecule has 0 aliphatic carbocycles. The number of benzene rings is 1. The summed E-state index contributed by atoms with van der Waals surface area (Å²) in [7, 11) is 2.17. The molecule has 0 bridgehead atoms. The van der Waals surface area contributed by atoms with E-state index in [1.165, 1.54) is 40.6 Å². The van der Waals surface area contributed by atoms with Gasteiger partial charge in [0.2, 0.25) is 0 Å². The van der Waals surface area contributed by atoms with Crippen LogP contribution < -0.4 is 5.32 Å². The van der Waals surface area contributed by atoms with Gasteiger partial charge in [-0.3, -0.25) is 0 Å². The molecule has 0 radical (unpaired) electrons. The number of aromatic nitrogens is 1. The lowest BCUT2D eigenvalue weighted by Gasteiger charge is -2.03. The minimum absolute atomic E-state index is 1.06. The third kappa shape index (κ3) is 2.44. The van der Waals surface area contributed by atoms with Crippen molar-refractivity contribution in [3.8, 4) is 0 Å². The van der Waals surface area contributed by atoms with E-state index in [9.17, 15) is 0 Å². The van der Waals surface area contributed by atoms with E-state index < -0.39 is 0 Å². The highest BCUT2D eigenvalue weighted by molar-refractivity contribution is 5.86. The van der Waals surface area contributed by atoms with E-state index in [-0.39, 0.29) is 0 Å². The van der Waals surface area contributed by atoms with Crippen molar-refractivity contribution in [2.24, 2.45) is 7.05 Å². The first-order valence-electron chi connectivity index (χ1n) is 6.90. The predicted molar refractivity (Wildman–Crippen MR) is 79.3 cm³/mol. The van der Waals surface area contributed by atoms with E-state index >= 15 is 0 Å². The maximum absolute atomic E-state index is 3.40. The van der Waals surface area contributed by atoms with Gasteiger partial charge in [-0.2, -0.15) is 0 Å². The van der Waals surface area contributed by atoms with E-state index in [0.29, 0.717) is 0 Å². The van der Waals surface area contributed by atoms with Crippen molar-refractivity contribution in [1.82, 2.24) is 9.88 Å². The third-order valence-electron chi connectivity index (χ3n) is 3.81. The molecule has 1 N–H and O–H groups in total. The second-order valence-corrected chi connectivity index (χ2v) is 5.10. The molecule has 18 heavy (non-hydrogen) atoms. The molecular formula is C16H24N2. The van der Waals surface area contributed by atoms with Crippen LogP contribution in [-0.2, 0) is 13.5 Å². The van der Waals surface area contributed by atoms with Gasteiger partial charge in [-0.05, 0) is 57.5 Å². The molecule has 0 atom stereocenters. The Morgan fingerprint density at radius 3 is 2.72 bits per heavy atom. The van der Waals surface area contributed by atoms with Crippen LogP contribution in [0.1, 0.15) is 30.2 Å². The van der Waals surface area contributed by atoms with Crippen LogP contribution in [0.5, 0.6) is 0 Å². The van der Waals surface area contributed by atoms with Crippen molar-refractivity contribution in [2.75, 3.05) is 13.1 Å². The Hall–Kier alpha value is -1.28.